The maximum Gasteiger partial charge on any atom is 0.118 e. The number of rotatable bonds is 4. The van der Waals surface area contributed by atoms with Crippen LogP contribution in [0.1, 0.15) is 86.5 Å². The van der Waals surface area contributed by atoms with Crippen molar-refractivity contribution in [2.45, 2.75) is 110 Å². The Morgan fingerprint density at radius 3 is 2.45 bits per heavy atom. The van der Waals surface area contributed by atoms with E-state index in [0.29, 0.717) is 36.0 Å². The maximum atomic E-state index is 11.5. The summed E-state index contributed by atoms with van der Waals surface area (Å²) in [5, 5.41) is 21.9. The molecule has 0 aromatic carbocycles. The second kappa shape index (κ2) is 7.18. The Bertz CT molecular complexity index is 798. The Hall–Kier alpha value is -0.640. The molecule has 0 unspecified atom stereocenters. The van der Waals surface area contributed by atoms with E-state index in [2.05, 4.69) is 53.7 Å². The predicted molar refractivity (Wildman–Crippen MR) is 124 cm³/mol. The van der Waals surface area contributed by atoms with Gasteiger partial charge in [0, 0.05) is 11.8 Å². The molecule has 3 saturated carbocycles. The van der Waals surface area contributed by atoms with Gasteiger partial charge in [-0.2, -0.15) is 0 Å². The molecule has 0 radical (unpaired) electrons. The van der Waals surface area contributed by atoms with Crippen molar-refractivity contribution in [1.29, 1.82) is 0 Å². The number of epoxide rings is 1. The van der Waals surface area contributed by atoms with Crippen LogP contribution in [0.4, 0.5) is 0 Å². The zero-order chi connectivity index (χ0) is 22.3. The number of allylic oxidation sites excluding steroid dienone is 3. The molecule has 1 saturated heterocycles. The highest BCUT2D eigenvalue weighted by molar-refractivity contribution is 5.43. The third kappa shape index (κ3) is 2.95. The Kier molecular flexibility index (Phi) is 5.13. The average Bonchev–Trinajstić information content (AvgIpc) is 3.34. The minimum atomic E-state index is -0.469. The van der Waals surface area contributed by atoms with Gasteiger partial charge in [-0.1, -0.05) is 59.3 Å². The van der Waals surface area contributed by atoms with Crippen LogP contribution in [-0.4, -0.2) is 34.1 Å². The molecule has 5 rings (SSSR count). The fourth-order valence-corrected chi connectivity index (χ4v) is 8.48. The van der Waals surface area contributed by atoms with Crippen LogP contribution in [0.5, 0.6) is 0 Å². The molecule has 5 aliphatic rings. The molecule has 10 atom stereocenters. The van der Waals surface area contributed by atoms with Gasteiger partial charge in [0.15, 0.2) is 0 Å². The first-order chi connectivity index (χ1) is 14.5. The summed E-state index contributed by atoms with van der Waals surface area (Å²) in [6.45, 7) is 14.2. The third-order valence-corrected chi connectivity index (χ3v) is 10.9. The first-order valence-corrected chi connectivity index (χ1v) is 13.0. The quantitative estimate of drug-likeness (QED) is 0.449. The van der Waals surface area contributed by atoms with Crippen molar-refractivity contribution in [1.82, 2.24) is 0 Å². The van der Waals surface area contributed by atoms with Gasteiger partial charge in [-0.15, -0.1) is 0 Å². The molecule has 0 aromatic heterocycles. The van der Waals surface area contributed by atoms with Crippen LogP contribution in [0.3, 0.4) is 0 Å². The van der Waals surface area contributed by atoms with Gasteiger partial charge >= 0.3 is 0 Å². The van der Waals surface area contributed by atoms with Gasteiger partial charge in [-0.3, -0.25) is 0 Å². The lowest BCUT2D eigenvalue weighted by molar-refractivity contribution is -0.0512. The number of hydrogen-bond donors (Lipinski definition) is 2. The smallest absolute Gasteiger partial charge is 0.118 e. The van der Waals surface area contributed by atoms with Crippen molar-refractivity contribution in [3.63, 3.8) is 0 Å². The fraction of sp³-hybridized carbons (Fsp3) is 0.857. The summed E-state index contributed by atoms with van der Waals surface area (Å²) in [5.74, 6) is 2.95. The molecule has 3 heteroatoms. The molecule has 0 aromatic rings. The number of hydrogen-bond acceptors (Lipinski definition) is 3. The summed E-state index contributed by atoms with van der Waals surface area (Å²) in [6, 6.07) is 0. The van der Waals surface area contributed by atoms with Gasteiger partial charge in [0.1, 0.15) is 17.8 Å². The number of aliphatic hydroxyl groups is 2. The zero-order valence-corrected chi connectivity index (χ0v) is 20.5. The van der Waals surface area contributed by atoms with E-state index >= 15 is 0 Å². The second-order valence-electron chi connectivity index (χ2n) is 12.6. The molecule has 4 fully saturated rings. The van der Waals surface area contributed by atoms with Gasteiger partial charge in [0.25, 0.3) is 0 Å². The van der Waals surface area contributed by atoms with Crippen molar-refractivity contribution in [3.05, 3.63) is 23.3 Å². The molecule has 0 bridgehead atoms. The van der Waals surface area contributed by atoms with E-state index in [1.165, 1.54) is 18.4 Å². The van der Waals surface area contributed by atoms with E-state index in [4.69, 9.17) is 4.74 Å². The second-order valence-corrected chi connectivity index (χ2v) is 12.6. The van der Waals surface area contributed by atoms with Gasteiger partial charge in [0.2, 0.25) is 0 Å². The summed E-state index contributed by atoms with van der Waals surface area (Å²) in [5.41, 5.74) is 2.93. The predicted octanol–water partition coefficient (Wildman–Crippen LogP) is 5.66. The number of fused-ring (bicyclic) bond motifs is 3. The van der Waals surface area contributed by atoms with Gasteiger partial charge in [0.05, 0.1) is 6.10 Å². The van der Waals surface area contributed by atoms with Crippen LogP contribution < -0.4 is 0 Å². The van der Waals surface area contributed by atoms with E-state index < -0.39 is 6.10 Å². The Labute approximate surface area is 189 Å². The Balaban J connectivity index is 1.47. The normalized spacial score (nSPS) is 50.7. The topological polar surface area (TPSA) is 53.0 Å². The monoisotopic (exact) mass is 428 g/mol. The molecular formula is C28H44O3. The summed E-state index contributed by atoms with van der Waals surface area (Å²) in [7, 11) is 0. The third-order valence-electron chi connectivity index (χ3n) is 10.9. The summed E-state index contributed by atoms with van der Waals surface area (Å²) >= 11 is 0. The average molecular weight is 429 g/mol. The van der Waals surface area contributed by atoms with Gasteiger partial charge in [-0.25, -0.2) is 0 Å². The molecule has 3 nitrogen and oxygen atoms in total. The molecule has 31 heavy (non-hydrogen) atoms. The van der Waals surface area contributed by atoms with Crippen molar-refractivity contribution in [3.8, 4) is 0 Å². The van der Waals surface area contributed by atoms with Crippen LogP contribution in [0, 0.1) is 40.4 Å². The molecule has 1 aliphatic heterocycles. The van der Waals surface area contributed by atoms with Crippen molar-refractivity contribution >= 4 is 0 Å². The molecule has 1 spiro atoms. The van der Waals surface area contributed by atoms with Gasteiger partial charge in [-0.05, 0) is 79.1 Å². The van der Waals surface area contributed by atoms with Gasteiger partial charge < -0.3 is 14.9 Å². The molecule has 2 N–H and O–H groups in total. The minimum Gasteiger partial charge on any atom is -0.393 e. The van der Waals surface area contributed by atoms with Crippen LogP contribution >= 0.6 is 0 Å². The van der Waals surface area contributed by atoms with Crippen LogP contribution in [0.2, 0.25) is 0 Å². The standard InChI is InChI=1S/C28H44O3/c1-16(2)17(3)7-8-18(4)20-9-10-21-23-22(12-13-26(20,21)5)27(6)14-11-19(29)15-28(27)25(31-28)24(23)30/h7-8,16-20,22,24-25,29-30H,9-15H2,1-6H3/b8-7+/t17-,18+,19-,20+,22-,24-,25-,26+,27+,28-/m0/s1. The van der Waals surface area contributed by atoms with Crippen molar-refractivity contribution in [2.75, 3.05) is 0 Å². The first-order valence-electron chi connectivity index (χ1n) is 13.0. The fourth-order valence-electron chi connectivity index (χ4n) is 8.48. The lowest BCUT2D eigenvalue weighted by atomic mass is 9.48. The van der Waals surface area contributed by atoms with Crippen LogP contribution in [0.25, 0.3) is 0 Å². The van der Waals surface area contributed by atoms with E-state index in [0.717, 1.165) is 25.7 Å². The summed E-state index contributed by atoms with van der Waals surface area (Å²) < 4.78 is 6.33. The largest absolute Gasteiger partial charge is 0.393 e. The molecule has 0 amide bonds. The SMILES string of the molecule is CC(C)[C@@H](C)/C=C/[C@@H](C)[C@H]1CCC2=C3[C@H](O)[C@@H]4O[C@@]45C[C@@H](O)CC[C@]5(C)[C@H]3CC[C@@]21C. The molecular weight excluding hydrogens is 384 g/mol. The maximum absolute atomic E-state index is 11.5. The van der Waals surface area contributed by atoms with Crippen LogP contribution in [0.15, 0.2) is 23.3 Å². The van der Waals surface area contributed by atoms with E-state index in [9.17, 15) is 10.2 Å². The highest BCUT2D eigenvalue weighted by atomic mass is 16.6. The number of ether oxygens (including phenoxy) is 1. The molecule has 174 valence electrons. The highest BCUT2D eigenvalue weighted by Gasteiger charge is 2.77. The summed E-state index contributed by atoms with van der Waals surface area (Å²) in [6.07, 6.45) is 11.4. The number of aliphatic hydroxyl groups excluding tert-OH is 2. The zero-order valence-electron chi connectivity index (χ0n) is 20.5. The van der Waals surface area contributed by atoms with Crippen molar-refractivity contribution < 1.29 is 14.9 Å². The lowest BCUT2D eigenvalue weighted by Gasteiger charge is -2.55. The Morgan fingerprint density at radius 1 is 1.00 bits per heavy atom. The van der Waals surface area contributed by atoms with E-state index in [-0.39, 0.29) is 28.6 Å². The molecule has 1 heterocycles. The van der Waals surface area contributed by atoms with Crippen molar-refractivity contribution in [2.24, 2.45) is 40.4 Å². The Morgan fingerprint density at radius 2 is 1.74 bits per heavy atom. The summed E-state index contributed by atoms with van der Waals surface area (Å²) in [4.78, 5) is 0. The van der Waals surface area contributed by atoms with E-state index in [1.807, 2.05) is 0 Å². The lowest BCUT2D eigenvalue weighted by Crippen LogP contribution is -2.57. The first kappa shape index (κ1) is 22.2. The van der Waals surface area contributed by atoms with E-state index in [1.54, 1.807) is 5.57 Å². The minimum absolute atomic E-state index is 0.0656. The molecule has 4 aliphatic carbocycles. The van der Waals surface area contributed by atoms with Crippen LogP contribution in [-0.2, 0) is 4.74 Å². The highest BCUT2D eigenvalue weighted by Crippen LogP contribution is 2.72.